The van der Waals surface area contributed by atoms with Crippen molar-refractivity contribution in [2.24, 2.45) is 0 Å². The predicted molar refractivity (Wildman–Crippen MR) is 90.9 cm³/mol. The normalized spacial score (nSPS) is 11.8. The average Bonchev–Trinajstić information content (AvgIpc) is 2.57. The number of nitrogens with zero attached hydrogens (tertiary/aromatic N) is 2. The Bertz CT molecular complexity index is 779. The van der Waals surface area contributed by atoms with Gasteiger partial charge in [0.1, 0.15) is 11.6 Å². The molecule has 0 aliphatic rings. The highest BCUT2D eigenvalue weighted by Gasteiger charge is 2.23. The van der Waals surface area contributed by atoms with Gasteiger partial charge in [-0.15, -0.1) is 0 Å². The maximum atomic E-state index is 14.0. The Morgan fingerprint density at radius 2 is 1.84 bits per heavy atom. The molecular weight excluding hydrogens is 324 g/mol. The zero-order chi connectivity index (χ0) is 18.4. The lowest BCUT2D eigenvalue weighted by atomic mass is 10.0. The Kier molecular flexibility index (Phi) is 6.20. The summed E-state index contributed by atoms with van der Waals surface area (Å²) < 4.78 is 28.1. The minimum atomic E-state index is -0.649. The van der Waals surface area contributed by atoms with Gasteiger partial charge in [0.05, 0.1) is 18.5 Å². The van der Waals surface area contributed by atoms with Crippen LogP contribution < -0.4 is 5.32 Å². The lowest BCUT2D eigenvalue weighted by Gasteiger charge is -2.26. The molecule has 0 radical (unpaired) electrons. The Morgan fingerprint density at radius 1 is 1.20 bits per heavy atom. The summed E-state index contributed by atoms with van der Waals surface area (Å²) in [6.07, 6.45) is 0.210. The molecule has 4 nitrogen and oxygen atoms in total. The van der Waals surface area contributed by atoms with Gasteiger partial charge >= 0.3 is 0 Å². The zero-order valence-electron chi connectivity index (χ0n) is 14.1. The van der Waals surface area contributed by atoms with E-state index in [1.807, 2.05) is 6.07 Å². The number of amides is 1. The molecule has 0 aliphatic carbocycles. The van der Waals surface area contributed by atoms with Crippen LogP contribution in [-0.2, 0) is 6.42 Å². The molecule has 0 saturated heterocycles. The van der Waals surface area contributed by atoms with Crippen molar-refractivity contribution >= 4 is 5.91 Å². The van der Waals surface area contributed by atoms with Crippen LogP contribution in [0, 0.1) is 23.0 Å². The molecule has 0 spiro atoms. The SMILES string of the molecule is CN(C)C(CNC(=O)c1cccc(CC#N)c1)c1c(F)cccc1F. The minimum Gasteiger partial charge on any atom is -0.350 e. The predicted octanol–water partition coefficient (Wildman–Crippen LogP) is 3.06. The average molecular weight is 343 g/mol. The van der Waals surface area contributed by atoms with Crippen LogP contribution in [0.1, 0.15) is 27.5 Å². The molecule has 0 heterocycles. The van der Waals surface area contributed by atoms with Gasteiger partial charge in [0, 0.05) is 17.7 Å². The number of nitriles is 1. The van der Waals surface area contributed by atoms with Crippen molar-refractivity contribution in [1.29, 1.82) is 5.26 Å². The summed E-state index contributed by atoms with van der Waals surface area (Å²) in [6.45, 7) is 0.0478. The van der Waals surface area contributed by atoms with E-state index in [9.17, 15) is 13.6 Å². The molecule has 130 valence electrons. The maximum Gasteiger partial charge on any atom is 0.251 e. The highest BCUT2D eigenvalue weighted by atomic mass is 19.1. The second kappa shape index (κ2) is 8.36. The lowest BCUT2D eigenvalue weighted by Crippen LogP contribution is -2.35. The third kappa shape index (κ3) is 4.61. The Balaban J connectivity index is 2.15. The Morgan fingerprint density at radius 3 is 2.44 bits per heavy atom. The Labute approximate surface area is 145 Å². The molecule has 0 fully saturated rings. The van der Waals surface area contributed by atoms with Crippen molar-refractivity contribution in [2.75, 3.05) is 20.6 Å². The Hall–Kier alpha value is -2.78. The molecular formula is C19H19F2N3O. The number of benzene rings is 2. The third-order valence-corrected chi connectivity index (χ3v) is 3.88. The highest BCUT2D eigenvalue weighted by Crippen LogP contribution is 2.24. The van der Waals surface area contributed by atoms with E-state index in [2.05, 4.69) is 5.32 Å². The van der Waals surface area contributed by atoms with Crippen LogP contribution in [0.15, 0.2) is 42.5 Å². The molecule has 0 aromatic heterocycles. The van der Waals surface area contributed by atoms with Crippen molar-refractivity contribution in [3.8, 4) is 6.07 Å². The number of rotatable bonds is 6. The number of halogens is 2. The van der Waals surface area contributed by atoms with Gasteiger partial charge in [0.15, 0.2) is 0 Å². The number of hydrogen-bond acceptors (Lipinski definition) is 3. The van der Waals surface area contributed by atoms with Crippen molar-refractivity contribution in [1.82, 2.24) is 10.2 Å². The molecule has 25 heavy (non-hydrogen) atoms. The van der Waals surface area contributed by atoms with Gasteiger partial charge in [-0.1, -0.05) is 18.2 Å². The topological polar surface area (TPSA) is 56.1 Å². The molecule has 2 rings (SSSR count). The first kappa shape index (κ1) is 18.6. The summed E-state index contributed by atoms with van der Waals surface area (Å²) in [7, 11) is 3.38. The van der Waals surface area contributed by atoms with Crippen LogP contribution in [-0.4, -0.2) is 31.4 Å². The zero-order valence-corrected chi connectivity index (χ0v) is 14.1. The van der Waals surface area contributed by atoms with Gasteiger partial charge in [-0.3, -0.25) is 4.79 Å². The standard InChI is InChI=1S/C19H19F2N3O/c1-24(2)17(18-15(20)7-4-8-16(18)21)12-23-19(25)14-6-3-5-13(11-14)9-10-22/h3-8,11,17H,9,12H2,1-2H3,(H,23,25). The van der Waals surface area contributed by atoms with Crippen LogP contribution in [0.5, 0.6) is 0 Å². The third-order valence-electron chi connectivity index (χ3n) is 3.88. The van der Waals surface area contributed by atoms with Gasteiger partial charge in [-0.05, 0) is 43.9 Å². The molecule has 2 aromatic rings. The van der Waals surface area contributed by atoms with Crippen molar-refractivity contribution in [2.45, 2.75) is 12.5 Å². The van der Waals surface area contributed by atoms with Gasteiger partial charge in [0.2, 0.25) is 0 Å². The fourth-order valence-electron chi connectivity index (χ4n) is 2.58. The smallest absolute Gasteiger partial charge is 0.251 e. The van der Waals surface area contributed by atoms with E-state index in [1.54, 1.807) is 43.3 Å². The van der Waals surface area contributed by atoms with Crippen LogP contribution >= 0.6 is 0 Å². The van der Waals surface area contributed by atoms with Crippen LogP contribution in [0.3, 0.4) is 0 Å². The molecule has 1 atom stereocenters. The van der Waals surface area contributed by atoms with E-state index in [1.165, 1.54) is 18.2 Å². The molecule has 1 unspecified atom stereocenters. The van der Waals surface area contributed by atoms with Gasteiger partial charge < -0.3 is 10.2 Å². The number of hydrogen-bond donors (Lipinski definition) is 1. The summed E-state index contributed by atoms with van der Waals surface area (Å²) in [5.74, 6) is -1.66. The molecule has 1 amide bonds. The van der Waals surface area contributed by atoms with E-state index < -0.39 is 17.7 Å². The van der Waals surface area contributed by atoms with Gasteiger partial charge in [0.25, 0.3) is 5.91 Å². The molecule has 6 heteroatoms. The monoisotopic (exact) mass is 343 g/mol. The van der Waals surface area contributed by atoms with Crippen LogP contribution in [0.2, 0.25) is 0 Å². The first-order valence-corrected chi connectivity index (χ1v) is 7.78. The second-order valence-corrected chi connectivity index (χ2v) is 5.86. The van der Waals surface area contributed by atoms with E-state index in [-0.39, 0.29) is 24.4 Å². The molecule has 0 bridgehead atoms. The number of carbonyl (C=O) groups is 1. The highest BCUT2D eigenvalue weighted by molar-refractivity contribution is 5.94. The second-order valence-electron chi connectivity index (χ2n) is 5.86. The van der Waals surface area contributed by atoms with Crippen molar-refractivity contribution in [3.63, 3.8) is 0 Å². The lowest BCUT2D eigenvalue weighted by molar-refractivity contribution is 0.0940. The molecule has 2 aromatic carbocycles. The fraction of sp³-hybridized carbons (Fsp3) is 0.263. The fourth-order valence-corrected chi connectivity index (χ4v) is 2.58. The van der Waals surface area contributed by atoms with Crippen LogP contribution in [0.4, 0.5) is 8.78 Å². The summed E-state index contributed by atoms with van der Waals surface area (Å²) in [5.41, 5.74) is 1.06. The summed E-state index contributed by atoms with van der Waals surface area (Å²) in [5, 5.41) is 11.4. The van der Waals surface area contributed by atoms with Gasteiger partial charge in [-0.2, -0.15) is 5.26 Å². The number of nitrogens with one attached hydrogen (secondary N) is 1. The minimum absolute atomic E-state index is 0.0478. The molecule has 1 N–H and O–H groups in total. The maximum absolute atomic E-state index is 14.0. The van der Waals surface area contributed by atoms with Crippen molar-refractivity contribution < 1.29 is 13.6 Å². The van der Waals surface area contributed by atoms with E-state index in [4.69, 9.17) is 5.26 Å². The summed E-state index contributed by atoms with van der Waals surface area (Å²) >= 11 is 0. The summed E-state index contributed by atoms with van der Waals surface area (Å²) in [6, 6.07) is 11.8. The van der Waals surface area contributed by atoms with E-state index in [0.29, 0.717) is 5.56 Å². The first-order chi connectivity index (χ1) is 11.9. The molecule has 0 aliphatic heterocycles. The van der Waals surface area contributed by atoms with Gasteiger partial charge in [-0.25, -0.2) is 8.78 Å². The van der Waals surface area contributed by atoms with Crippen LogP contribution in [0.25, 0.3) is 0 Å². The largest absolute Gasteiger partial charge is 0.350 e. The van der Waals surface area contributed by atoms with E-state index >= 15 is 0 Å². The number of likely N-dealkylation sites (N-methyl/N-ethyl adjacent to an activating group) is 1. The summed E-state index contributed by atoms with van der Waals surface area (Å²) in [4.78, 5) is 14.0. The number of carbonyl (C=O) groups excluding carboxylic acids is 1. The van der Waals surface area contributed by atoms with E-state index in [0.717, 1.165) is 5.56 Å². The quantitative estimate of drug-likeness (QED) is 0.877. The first-order valence-electron chi connectivity index (χ1n) is 7.78. The van der Waals surface area contributed by atoms with Crippen molar-refractivity contribution in [3.05, 3.63) is 70.8 Å². The molecule has 0 saturated carbocycles.